The number of halogens is 1. The van der Waals surface area contributed by atoms with Crippen molar-refractivity contribution in [3.05, 3.63) is 16.3 Å². The maximum absolute atomic E-state index is 5.87. The molecule has 1 aromatic heterocycles. The minimum Gasteiger partial charge on any atom is -0.476 e. The van der Waals surface area contributed by atoms with Gasteiger partial charge in [0.2, 0.25) is 5.88 Å². The van der Waals surface area contributed by atoms with Crippen molar-refractivity contribution < 1.29 is 9.47 Å². The van der Waals surface area contributed by atoms with Crippen molar-refractivity contribution in [1.82, 2.24) is 10.2 Å². The summed E-state index contributed by atoms with van der Waals surface area (Å²) in [5.41, 5.74) is 1.64. The molecular formula is C12H19ClN2O2. The Balaban J connectivity index is 2.62. The highest BCUT2D eigenvalue weighted by atomic mass is 35.5. The lowest BCUT2D eigenvalue weighted by Crippen LogP contribution is -2.25. The van der Waals surface area contributed by atoms with E-state index in [0.717, 1.165) is 17.5 Å². The van der Waals surface area contributed by atoms with Crippen LogP contribution in [-0.2, 0) is 4.74 Å². The molecule has 0 bridgehead atoms. The smallest absolute Gasteiger partial charge is 0.236 e. The van der Waals surface area contributed by atoms with Crippen molar-refractivity contribution in [2.45, 2.75) is 39.7 Å². The largest absolute Gasteiger partial charge is 0.476 e. The maximum atomic E-state index is 5.87. The lowest BCUT2D eigenvalue weighted by Gasteiger charge is -2.22. The molecule has 0 saturated heterocycles. The van der Waals surface area contributed by atoms with E-state index in [4.69, 9.17) is 21.1 Å². The molecule has 5 heteroatoms. The van der Waals surface area contributed by atoms with E-state index in [1.54, 1.807) is 7.11 Å². The Hall–Kier alpha value is -0.870. The van der Waals surface area contributed by atoms with Crippen LogP contribution in [-0.4, -0.2) is 29.5 Å². The van der Waals surface area contributed by atoms with Gasteiger partial charge in [0, 0.05) is 19.1 Å². The van der Waals surface area contributed by atoms with Crippen LogP contribution in [0.5, 0.6) is 5.88 Å². The van der Waals surface area contributed by atoms with Gasteiger partial charge in [-0.05, 0) is 33.3 Å². The molecule has 17 heavy (non-hydrogen) atoms. The molecule has 0 saturated carbocycles. The fourth-order valence-corrected chi connectivity index (χ4v) is 1.37. The summed E-state index contributed by atoms with van der Waals surface area (Å²) in [6, 6.07) is 0. The molecule has 0 N–H and O–H groups in total. The highest BCUT2D eigenvalue weighted by molar-refractivity contribution is 6.30. The first kappa shape index (κ1) is 14.2. The second-order valence-electron chi connectivity index (χ2n) is 4.61. The molecule has 1 aromatic rings. The molecular weight excluding hydrogens is 240 g/mol. The van der Waals surface area contributed by atoms with Gasteiger partial charge in [0.1, 0.15) is 0 Å². The Bertz CT molecular complexity index is 394. The van der Waals surface area contributed by atoms with E-state index in [9.17, 15) is 0 Å². The molecule has 0 radical (unpaired) electrons. The Labute approximate surface area is 107 Å². The van der Waals surface area contributed by atoms with E-state index >= 15 is 0 Å². The first-order chi connectivity index (χ1) is 7.87. The van der Waals surface area contributed by atoms with Gasteiger partial charge >= 0.3 is 0 Å². The first-order valence-electron chi connectivity index (χ1n) is 5.54. The van der Waals surface area contributed by atoms with Crippen LogP contribution in [0.3, 0.4) is 0 Å². The summed E-state index contributed by atoms with van der Waals surface area (Å²) in [5.74, 6) is 0.541. The molecule has 0 aliphatic rings. The molecule has 96 valence electrons. The Morgan fingerprint density at radius 2 is 1.82 bits per heavy atom. The average Bonchev–Trinajstić information content (AvgIpc) is 2.29. The SMILES string of the molecule is COC(C)(C)CCOc1nnc(Cl)c(C)c1C. The fourth-order valence-electron chi connectivity index (χ4n) is 1.19. The molecule has 4 nitrogen and oxygen atoms in total. The number of hydrogen-bond donors (Lipinski definition) is 0. The highest BCUT2D eigenvalue weighted by Gasteiger charge is 2.17. The average molecular weight is 259 g/mol. The van der Waals surface area contributed by atoms with Crippen LogP contribution in [0.25, 0.3) is 0 Å². The minimum absolute atomic E-state index is 0.192. The van der Waals surface area contributed by atoms with Crippen molar-refractivity contribution in [3.63, 3.8) is 0 Å². The summed E-state index contributed by atoms with van der Waals surface area (Å²) in [6.45, 7) is 8.40. The zero-order valence-corrected chi connectivity index (χ0v) is 11.8. The van der Waals surface area contributed by atoms with Gasteiger partial charge < -0.3 is 9.47 Å². The van der Waals surface area contributed by atoms with Crippen LogP contribution in [0.2, 0.25) is 5.15 Å². The molecule has 1 rings (SSSR count). The molecule has 0 unspecified atom stereocenters. The minimum atomic E-state index is -0.192. The zero-order chi connectivity index (χ0) is 13.1. The maximum Gasteiger partial charge on any atom is 0.236 e. The van der Waals surface area contributed by atoms with Gasteiger partial charge in [-0.25, -0.2) is 0 Å². The second kappa shape index (κ2) is 5.65. The molecule has 0 aliphatic heterocycles. The van der Waals surface area contributed by atoms with E-state index in [1.807, 2.05) is 27.7 Å². The molecule has 1 heterocycles. The third-order valence-corrected chi connectivity index (χ3v) is 3.28. The van der Waals surface area contributed by atoms with Gasteiger partial charge in [-0.3, -0.25) is 0 Å². The third-order valence-electron chi connectivity index (χ3n) is 2.92. The topological polar surface area (TPSA) is 44.2 Å². The first-order valence-corrected chi connectivity index (χ1v) is 5.92. The van der Waals surface area contributed by atoms with E-state index in [2.05, 4.69) is 10.2 Å². The van der Waals surface area contributed by atoms with E-state index in [0.29, 0.717) is 17.6 Å². The van der Waals surface area contributed by atoms with E-state index < -0.39 is 0 Å². The highest BCUT2D eigenvalue weighted by Crippen LogP contribution is 2.23. The predicted octanol–water partition coefficient (Wildman–Crippen LogP) is 2.94. The van der Waals surface area contributed by atoms with Crippen LogP contribution >= 0.6 is 11.6 Å². The normalized spacial score (nSPS) is 11.6. The lowest BCUT2D eigenvalue weighted by atomic mass is 10.1. The van der Waals surface area contributed by atoms with Crippen molar-refractivity contribution >= 4 is 11.6 Å². The van der Waals surface area contributed by atoms with Crippen molar-refractivity contribution in [1.29, 1.82) is 0 Å². The quantitative estimate of drug-likeness (QED) is 0.815. The molecule has 0 spiro atoms. The van der Waals surface area contributed by atoms with Gasteiger partial charge in [-0.2, -0.15) is 0 Å². The second-order valence-corrected chi connectivity index (χ2v) is 4.97. The zero-order valence-electron chi connectivity index (χ0n) is 11.0. The Morgan fingerprint density at radius 1 is 1.18 bits per heavy atom. The number of ether oxygens (including phenoxy) is 2. The van der Waals surface area contributed by atoms with Gasteiger partial charge in [0.05, 0.1) is 12.2 Å². The molecule has 0 aliphatic carbocycles. The lowest BCUT2D eigenvalue weighted by molar-refractivity contribution is 0.00493. The van der Waals surface area contributed by atoms with Gasteiger partial charge in [0.15, 0.2) is 5.15 Å². The summed E-state index contributed by atoms with van der Waals surface area (Å²) >= 11 is 5.87. The summed E-state index contributed by atoms with van der Waals surface area (Å²) in [5, 5.41) is 8.20. The standard InChI is InChI=1S/C12H19ClN2O2/c1-8-9(2)11(15-14-10(8)13)17-7-6-12(3,4)16-5/h6-7H2,1-5H3. The predicted molar refractivity (Wildman–Crippen MR) is 67.7 cm³/mol. The number of methoxy groups -OCH3 is 1. The molecule has 0 amide bonds. The van der Waals surface area contributed by atoms with Crippen LogP contribution < -0.4 is 4.74 Å². The number of nitrogens with zero attached hydrogens (tertiary/aromatic N) is 2. The van der Waals surface area contributed by atoms with Crippen LogP contribution in [0, 0.1) is 13.8 Å². The van der Waals surface area contributed by atoms with Crippen molar-refractivity contribution in [3.8, 4) is 5.88 Å². The molecule has 0 fully saturated rings. The summed E-state index contributed by atoms with van der Waals surface area (Å²) in [7, 11) is 1.69. The van der Waals surface area contributed by atoms with E-state index in [-0.39, 0.29) is 5.60 Å². The fraction of sp³-hybridized carbons (Fsp3) is 0.667. The summed E-state index contributed by atoms with van der Waals surface area (Å²) in [6.07, 6.45) is 0.784. The summed E-state index contributed by atoms with van der Waals surface area (Å²) in [4.78, 5) is 0. The van der Waals surface area contributed by atoms with Gasteiger partial charge in [-0.1, -0.05) is 11.6 Å². The molecule has 0 aromatic carbocycles. The Kier molecular flexibility index (Phi) is 4.71. The van der Waals surface area contributed by atoms with Gasteiger partial charge in [0.25, 0.3) is 0 Å². The Morgan fingerprint density at radius 3 is 2.41 bits per heavy atom. The molecule has 0 atom stereocenters. The summed E-state index contributed by atoms with van der Waals surface area (Å²) < 4.78 is 10.9. The number of rotatable bonds is 5. The van der Waals surface area contributed by atoms with Crippen molar-refractivity contribution in [2.24, 2.45) is 0 Å². The monoisotopic (exact) mass is 258 g/mol. The number of aromatic nitrogens is 2. The van der Waals surface area contributed by atoms with Crippen molar-refractivity contribution in [2.75, 3.05) is 13.7 Å². The van der Waals surface area contributed by atoms with Gasteiger partial charge in [-0.15, -0.1) is 10.2 Å². The number of hydrogen-bond acceptors (Lipinski definition) is 4. The van der Waals surface area contributed by atoms with Crippen LogP contribution in [0.1, 0.15) is 31.4 Å². The van der Waals surface area contributed by atoms with E-state index in [1.165, 1.54) is 0 Å². The third kappa shape index (κ3) is 3.82. The van der Waals surface area contributed by atoms with Crippen LogP contribution in [0.4, 0.5) is 0 Å². The van der Waals surface area contributed by atoms with Crippen LogP contribution in [0.15, 0.2) is 0 Å².